The topological polar surface area (TPSA) is 46.1 Å². The summed E-state index contributed by atoms with van der Waals surface area (Å²) >= 11 is 0. The highest BCUT2D eigenvalue weighted by Crippen LogP contribution is 2.22. The Hall–Kier alpha value is -2.42. The smallest absolute Gasteiger partial charge is 0.252 e. The Kier molecular flexibility index (Phi) is 3.11. The van der Waals surface area contributed by atoms with Gasteiger partial charge >= 0.3 is 0 Å². The van der Waals surface area contributed by atoms with Crippen molar-refractivity contribution in [2.45, 2.75) is 19.9 Å². The molecule has 2 aromatic carbocycles. The zero-order valence-electron chi connectivity index (χ0n) is 11.5. The maximum Gasteiger partial charge on any atom is 0.252 e. The van der Waals surface area contributed by atoms with Gasteiger partial charge in [0.15, 0.2) is 5.78 Å². The predicted molar refractivity (Wildman–Crippen MR) is 79.4 cm³/mol. The number of hydrogen-bond donors (Lipinski definition) is 1. The summed E-state index contributed by atoms with van der Waals surface area (Å²) in [6.45, 7) is 2.36. The number of carbonyl (C=O) groups excluding carboxylic acids is 1. The van der Waals surface area contributed by atoms with Crippen LogP contribution in [0, 0.1) is 0 Å². The average molecular weight is 265 g/mol. The Morgan fingerprint density at radius 1 is 1.05 bits per heavy atom. The van der Waals surface area contributed by atoms with Crippen molar-refractivity contribution < 1.29 is 9.37 Å². The first-order valence-electron chi connectivity index (χ1n) is 6.72. The van der Waals surface area contributed by atoms with Gasteiger partial charge in [0.2, 0.25) is 0 Å². The van der Waals surface area contributed by atoms with Gasteiger partial charge < -0.3 is 0 Å². The van der Waals surface area contributed by atoms with Crippen LogP contribution >= 0.6 is 0 Å². The lowest BCUT2D eigenvalue weighted by Gasteiger charge is -2.18. The quantitative estimate of drug-likeness (QED) is 0.670. The lowest BCUT2D eigenvalue weighted by atomic mass is 10.0. The Bertz CT molecular complexity index is 699. The summed E-state index contributed by atoms with van der Waals surface area (Å²) < 4.78 is 2.10. The molecule has 0 fully saturated rings. The van der Waals surface area contributed by atoms with Crippen molar-refractivity contribution in [1.29, 1.82) is 0 Å². The fourth-order valence-corrected chi connectivity index (χ4v) is 2.58. The summed E-state index contributed by atoms with van der Waals surface area (Å²) in [6, 6.07) is 16.0. The van der Waals surface area contributed by atoms with Crippen molar-refractivity contribution in [3.05, 3.63) is 65.2 Å². The molecule has 0 unspecified atom stereocenters. The number of amidine groups is 1. The van der Waals surface area contributed by atoms with Crippen LogP contribution < -0.4 is 5.73 Å². The van der Waals surface area contributed by atoms with Crippen LogP contribution in [-0.4, -0.2) is 16.2 Å². The van der Waals surface area contributed by atoms with Crippen LogP contribution in [0.5, 0.6) is 0 Å². The summed E-state index contributed by atoms with van der Waals surface area (Å²) in [4.78, 5) is 11.3. The molecular weight excluding hydrogens is 248 g/mol. The van der Waals surface area contributed by atoms with Crippen molar-refractivity contribution in [3.8, 4) is 0 Å². The van der Waals surface area contributed by atoms with Gasteiger partial charge in [-0.25, -0.2) is 4.58 Å². The van der Waals surface area contributed by atoms with Crippen molar-refractivity contribution in [3.63, 3.8) is 0 Å². The molecule has 3 rings (SSSR count). The van der Waals surface area contributed by atoms with Crippen LogP contribution in [0.25, 0.3) is 0 Å². The van der Waals surface area contributed by atoms with Gasteiger partial charge in [0.25, 0.3) is 5.84 Å². The standard InChI is InChI=1S/C17H16N2O/c1-12(20)13-6-8-16(9-7-13)19-11-15-5-3-2-4-14(15)10-17(19)18/h2-9,18H,10-11H2,1H3/p+1. The Morgan fingerprint density at radius 2 is 1.70 bits per heavy atom. The third-order valence-electron chi connectivity index (χ3n) is 3.75. The van der Waals surface area contributed by atoms with Gasteiger partial charge in [-0.15, -0.1) is 0 Å². The van der Waals surface area contributed by atoms with E-state index in [0.717, 1.165) is 30.1 Å². The molecule has 2 aromatic rings. The van der Waals surface area contributed by atoms with E-state index < -0.39 is 0 Å². The highest BCUT2D eigenvalue weighted by atomic mass is 16.1. The SMILES string of the molecule is CC(=O)c1ccc([N+]2=C(N)Cc3ccccc3C2)cc1. The molecule has 0 amide bonds. The number of rotatable bonds is 2. The molecule has 1 aliphatic heterocycles. The van der Waals surface area contributed by atoms with Crippen molar-refractivity contribution in [2.24, 2.45) is 5.73 Å². The van der Waals surface area contributed by atoms with Crippen molar-refractivity contribution in [1.82, 2.24) is 0 Å². The van der Waals surface area contributed by atoms with Crippen molar-refractivity contribution >= 4 is 17.3 Å². The minimum absolute atomic E-state index is 0.0810. The molecule has 0 radical (unpaired) electrons. The van der Waals surface area contributed by atoms with Crippen LogP contribution in [0.15, 0.2) is 48.5 Å². The summed E-state index contributed by atoms with van der Waals surface area (Å²) in [5.74, 6) is 0.928. The number of hydrogen-bond acceptors (Lipinski definition) is 2. The van der Waals surface area contributed by atoms with E-state index in [1.54, 1.807) is 6.92 Å². The summed E-state index contributed by atoms with van der Waals surface area (Å²) in [5, 5.41) is 0. The maximum absolute atomic E-state index is 11.3. The Labute approximate surface area is 118 Å². The number of benzene rings is 2. The fourth-order valence-electron chi connectivity index (χ4n) is 2.58. The van der Waals surface area contributed by atoms with E-state index in [-0.39, 0.29) is 5.78 Å². The van der Waals surface area contributed by atoms with Gasteiger partial charge in [-0.1, -0.05) is 24.3 Å². The van der Waals surface area contributed by atoms with Gasteiger partial charge in [0, 0.05) is 5.56 Å². The molecule has 0 atom stereocenters. The molecule has 0 aromatic heterocycles. The molecule has 0 spiro atoms. The number of Topliss-reactive ketones (excluding diaryl/α,β-unsaturated/α-hetero) is 1. The van der Waals surface area contributed by atoms with Crippen molar-refractivity contribution in [2.75, 3.05) is 0 Å². The van der Waals surface area contributed by atoms with Crippen LogP contribution in [0.1, 0.15) is 28.4 Å². The highest BCUT2D eigenvalue weighted by molar-refractivity contribution is 5.94. The van der Waals surface area contributed by atoms with E-state index in [2.05, 4.69) is 22.8 Å². The molecule has 3 heteroatoms. The molecule has 3 nitrogen and oxygen atoms in total. The largest absolute Gasteiger partial charge is 0.295 e. The second-order valence-corrected chi connectivity index (χ2v) is 5.13. The molecule has 0 saturated carbocycles. The van der Waals surface area contributed by atoms with E-state index in [4.69, 9.17) is 5.73 Å². The first-order chi connectivity index (χ1) is 9.65. The number of fused-ring (bicyclic) bond motifs is 1. The normalized spacial score (nSPS) is 14.1. The Morgan fingerprint density at radius 3 is 2.35 bits per heavy atom. The lowest BCUT2D eigenvalue weighted by Crippen LogP contribution is -2.31. The zero-order chi connectivity index (χ0) is 14.1. The second kappa shape index (κ2) is 4.93. The third kappa shape index (κ3) is 2.23. The van der Waals surface area contributed by atoms with E-state index in [9.17, 15) is 4.79 Å². The van der Waals surface area contributed by atoms with Gasteiger partial charge in [-0.05, 0) is 42.3 Å². The molecule has 20 heavy (non-hydrogen) atoms. The fraction of sp³-hybridized carbons (Fsp3) is 0.176. The summed E-state index contributed by atoms with van der Waals surface area (Å²) in [7, 11) is 0. The van der Waals surface area contributed by atoms with Gasteiger partial charge in [-0.3, -0.25) is 10.5 Å². The van der Waals surface area contributed by atoms with Crippen LogP contribution in [0.4, 0.5) is 5.69 Å². The minimum atomic E-state index is 0.0810. The molecule has 2 N–H and O–H groups in total. The first-order valence-corrected chi connectivity index (χ1v) is 6.72. The molecule has 100 valence electrons. The first kappa shape index (κ1) is 12.6. The summed E-state index contributed by atoms with van der Waals surface area (Å²) in [5.41, 5.74) is 10.6. The van der Waals surface area contributed by atoms with E-state index >= 15 is 0 Å². The average Bonchev–Trinajstić information content (AvgIpc) is 2.46. The predicted octanol–water partition coefficient (Wildman–Crippen LogP) is 2.65. The second-order valence-electron chi connectivity index (χ2n) is 5.13. The van der Waals surface area contributed by atoms with E-state index in [0.29, 0.717) is 0 Å². The summed E-state index contributed by atoms with van der Waals surface area (Å²) in [6.07, 6.45) is 0.768. The zero-order valence-corrected chi connectivity index (χ0v) is 11.5. The van der Waals surface area contributed by atoms with Gasteiger partial charge in [0.05, 0.1) is 6.42 Å². The van der Waals surface area contributed by atoms with E-state index in [1.807, 2.05) is 30.3 Å². The lowest BCUT2D eigenvalue weighted by molar-refractivity contribution is -0.462. The highest BCUT2D eigenvalue weighted by Gasteiger charge is 2.21. The number of ketones is 1. The third-order valence-corrected chi connectivity index (χ3v) is 3.75. The number of nitrogens with two attached hydrogens (primary N) is 1. The molecule has 0 aliphatic carbocycles. The maximum atomic E-state index is 11.3. The number of nitrogens with zero attached hydrogens (tertiary/aromatic N) is 1. The van der Waals surface area contributed by atoms with E-state index in [1.165, 1.54) is 11.1 Å². The molecule has 1 heterocycles. The Balaban J connectivity index is 1.96. The molecule has 0 bridgehead atoms. The van der Waals surface area contributed by atoms with Crippen LogP contribution in [-0.2, 0) is 13.0 Å². The van der Waals surface area contributed by atoms with Gasteiger partial charge in [-0.2, -0.15) is 0 Å². The molecule has 0 saturated heterocycles. The van der Waals surface area contributed by atoms with Crippen LogP contribution in [0.3, 0.4) is 0 Å². The monoisotopic (exact) mass is 265 g/mol. The van der Waals surface area contributed by atoms with Crippen LogP contribution in [0.2, 0.25) is 0 Å². The number of carbonyl (C=O) groups is 1. The minimum Gasteiger partial charge on any atom is -0.295 e. The molecular formula is C17H17N2O+. The van der Waals surface area contributed by atoms with Gasteiger partial charge in [0.1, 0.15) is 12.2 Å². The molecule has 1 aliphatic rings.